The van der Waals surface area contributed by atoms with Crippen LogP contribution in [-0.4, -0.2) is 30.0 Å². The zero-order valence-electron chi connectivity index (χ0n) is 16.0. The molecule has 1 saturated heterocycles. The van der Waals surface area contributed by atoms with Gasteiger partial charge in [-0.2, -0.15) is 0 Å². The topological polar surface area (TPSA) is 56.8 Å². The van der Waals surface area contributed by atoms with Crippen molar-refractivity contribution in [3.8, 4) is 0 Å². The molecule has 0 unspecified atom stereocenters. The molecule has 138 valence electrons. The lowest BCUT2D eigenvalue weighted by Gasteiger charge is -2.32. The van der Waals surface area contributed by atoms with E-state index in [9.17, 15) is 9.18 Å². The SMILES string of the molecule is CC(C)(C)OC(=O)N[C@H](B1OC(C)(C)C(C)(C)O1)c1ccc(F)cc1. The summed E-state index contributed by atoms with van der Waals surface area (Å²) in [6.07, 6.45) is -0.587. The molecule has 0 bridgehead atoms. The summed E-state index contributed by atoms with van der Waals surface area (Å²) >= 11 is 0. The van der Waals surface area contributed by atoms with E-state index >= 15 is 0 Å². The Balaban J connectivity index is 2.27. The first-order valence-electron chi connectivity index (χ1n) is 8.41. The second kappa shape index (κ2) is 6.61. The van der Waals surface area contributed by atoms with E-state index in [1.807, 2.05) is 27.7 Å². The number of amides is 1. The zero-order chi connectivity index (χ0) is 19.0. The number of benzene rings is 1. The van der Waals surface area contributed by atoms with Gasteiger partial charge in [0.05, 0.1) is 17.1 Å². The highest BCUT2D eigenvalue weighted by molar-refractivity contribution is 6.47. The van der Waals surface area contributed by atoms with E-state index in [2.05, 4.69) is 5.32 Å². The number of halogens is 1. The van der Waals surface area contributed by atoms with Crippen LogP contribution < -0.4 is 5.32 Å². The molecule has 0 aromatic heterocycles. The van der Waals surface area contributed by atoms with E-state index in [0.29, 0.717) is 5.56 Å². The van der Waals surface area contributed by atoms with E-state index in [1.165, 1.54) is 12.1 Å². The maximum Gasteiger partial charge on any atom is 0.486 e. The summed E-state index contributed by atoms with van der Waals surface area (Å²) in [5.74, 6) is -0.981. The Kier molecular flexibility index (Phi) is 5.22. The lowest BCUT2D eigenvalue weighted by Crippen LogP contribution is -2.43. The van der Waals surface area contributed by atoms with Gasteiger partial charge in [0.2, 0.25) is 0 Å². The van der Waals surface area contributed by atoms with Crippen LogP contribution >= 0.6 is 0 Å². The maximum absolute atomic E-state index is 13.3. The Morgan fingerprint density at radius 2 is 1.60 bits per heavy atom. The lowest BCUT2D eigenvalue weighted by atomic mass is 9.74. The van der Waals surface area contributed by atoms with Gasteiger partial charge in [-0.15, -0.1) is 0 Å². The summed E-state index contributed by atoms with van der Waals surface area (Å²) < 4.78 is 30.7. The van der Waals surface area contributed by atoms with Gasteiger partial charge in [-0.3, -0.25) is 0 Å². The fourth-order valence-electron chi connectivity index (χ4n) is 2.44. The van der Waals surface area contributed by atoms with Crippen LogP contribution in [0.5, 0.6) is 0 Å². The molecule has 1 aliphatic rings. The highest BCUT2D eigenvalue weighted by atomic mass is 19.1. The van der Waals surface area contributed by atoms with Crippen molar-refractivity contribution < 1.29 is 23.2 Å². The number of alkyl carbamates (subject to hydrolysis) is 1. The Morgan fingerprint density at radius 3 is 2.04 bits per heavy atom. The van der Waals surface area contributed by atoms with Crippen molar-refractivity contribution in [1.29, 1.82) is 0 Å². The third-order valence-electron chi connectivity index (χ3n) is 4.45. The molecule has 1 atom stereocenters. The highest BCUT2D eigenvalue weighted by Gasteiger charge is 2.54. The van der Waals surface area contributed by atoms with Gasteiger partial charge in [-0.05, 0) is 66.2 Å². The maximum atomic E-state index is 13.3. The Labute approximate surface area is 149 Å². The van der Waals surface area contributed by atoms with Gasteiger partial charge >= 0.3 is 13.2 Å². The second-order valence-corrected chi connectivity index (χ2v) is 8.30. The number of carbonyl (C=O) groups excluding carboxylic acids is 1. The molecule has 1 aliphatic heterocycles. The first kappa shape index (κ1) is 19.7. The van der Waals surface area contributed by atoms with Crippen molar-refractivity contribution in [1.82, 2.24) is 5.32 Å². The molecule has 1 amide bonds. The van der Waals surface area contributed by atoms with Crippen molar-refractivity contribution in [2.45, 2.75) is 71.2 Å². The third kappa shape index (κ3) is 4.73. The Bertz CT molecular complexity index is 609. The molecule has 1 aromatic rings. The van der Waals surface area contributed by atoms with Gasteiger partial charge in [0.1, 0.15) is 11.4 Å². The summed E-state index contributed by atoms with van der Waals surface area (Å²) in [5, 5.41) is 2.79. The molecule has 25 heavy (non-hydrogen) atoms. The van der Waals surface area contributed by atoms with E-state index < -0.39 is 36.0 Å². The fraction of sp³-hybridized carbons (Fsp3) is 0.611. The van der Waals surface area contributed by atoms with Crippen LogP contribution in [-0.2, 0) is 14.0 Å². The van der Waals surface area contributed by atoms with Crippen molar-refractivity contribution >= 4 is 13.2 Å². The van der Waals surface area contributed by atoms with Crippen LogP contribution in [0.2, 0.25) is 0 Å². The molecule has 1 aromatic carbocycles. The van der Waals surface area contributed by atoms with Crippen molar-refractivity contribution in [2.24, 2.45) is 0 Å². The molecule has 0 radical (unpaired) electrons. The fourth-order valence-corrected chi connectivity index (χ4v) is 2.44. The first-order valence-corrected chi connectivity index (χ1v) is 8.41. The van der Waals surface area contributed by atoms with Crippen LogP contribution in [0.4, 0.5) is 9.18 Å². The molecule has 2 rings (SSSR count). The van der Waals surface area contributed by atoms with Crippen molar-refractivity contribution in [3.63, 3.8) is 0 Å². The predicted molar refractivity (Wildman–Crippen MR) is 94.6 cm³/mol. The highest BCUT2D eigenvalue weighted by Crippen LogP contribution is 2.40. The number of hydrogen-bond donors (Lipinski definition) is 1. The van der Waals surface area contributed by atoms with Crippen LogP contribution in [0.3, 0.4) is 0 Å². The van der Waals surface area contributed by atoms with Crippen LogP contribution in [0, 0.1) is 5.82 Å². The van der Waals surface area contributed by atoms with Gasteiger partial charge in [0, 0.05) is 0 Å². The van der Waals surface area contributed by atoms with E-state index in [0.717, 1.165) is 0 Å². The van der Waals surface area contributed by atoms with E-state index in [1.54, 1.807) is 32.9 Å². The average molecular weight is 351 g/mol. The molecule has 1 N–H and O–H groups in total. The van der Waals surface area contributed by atoms with Crippen molar-refractivity contribution in [3.05, 3.63) is 35.6 Å². The first-order chi connectivity index (χ1) is 11.3. The van der Waals surface area contributed by atoms with Gasteiger partial charge in [-0.1, -0.05) is 12.1 Å². The summed E-state index contributed by atoms with van der Waals surface area (Å²) in [5.41, 5.74) is -1.06. The molecular formula is C18H27BFNO4. The van der Waals surface area contributed by atoms with Gasteiger partial charge in [-0.25, -0.2) is 9.18 Å². The van der Waals surface area contributed by atoms with Crippen LogP contribution in [0.15, 0.2) is 24.3 Å². The number of ether oxygens (including phenoxy) is 1. The number of carbonyl (C=O) groups is 1. The summed E-state index contributed by atoms with van der Waals surface area (Å²) in [4.78, 5) is 12.3. The normalized spacial score (nSPS) is 20.2. The molecule has 0 spiro atoms. The lowest BCUT2D eigenvalue weighted by molar-refractivity contribution is 0.00578. The summed E-state index contributed by atoms with van der Waals surface area (Å²) in [6.45, 7) is 13.1. The molecule has 0 aliphatic carbocycles. The Morgan fingerprint density at radius 1 is 1.12 bits per heavy atom. The Hall–Kier alpha value is -1.60. The van der Waals surface area contributed by atoms with Gasteiger partial charge in [0.25, 0.3) is 0 Å². The van der Waals surface area contributed by atoms with Crippen LogP contribution in [0.25, 0.3) is 0 Å². The number of nitrogens with one attached hydrogen (secondary N) is 1. The molecule has 1 heterocycles. The van der Waals surface area contributed by atoms with Crippen LogP contribution in [0.1, 0.15) is 60.0 Å². The van der Waals surface area contributed by atoms with E-state index in [4.69, 9.17) is 14.0 Å². The second-order valence-electron chi connectivity index (χ2n) is 8.30. The van der Waals surface area contributed by atoms with E-state index in [-0.39, 0.29) is 5.82 Å². The van der Waals surface area contributed by atoms with Gasteiger partial charge < -0.3 is 19.4 Å². The molecule has 0 saturated carbocycles. The number of hydrogen-bond acceptors (Lipinski definition) is 4. The molecule has 5 nitrogen and oxygen atoms in total. The standard InChI is InChI=1S/C18H27BFNO4/c1-16(2,3)23-15(22)21-14(12-8-10-13(20)11-9-12)19-24-17(4,5)18(6,7)25-19/h8-11,14H,1-7H3,(H,21,22)/t14-/m0/s1. The summed E-state index contributed by atoms with van der Waals surface area (Å²) in [7, 11) is -0.719. The number of rotatable bonds is 3. The smallest absolute Gasteiger partial charge is 0.444 e. The predicted octanol–water partition coefficient (Wildman–Crippen LogP) is 4.02. The quantitative estimate of drug-likeness (QED) is 0.836. The van der Waals surface area contributed by atoms with Crippen molar-refractivity contribution in [2.75, 3.05) is 0 Å². The molecule has 1 fully saturated rings. The zero-order valence-corrected chi connectivity index (χ0v) is 16.0. The monoisotopic (exact) mass is 351 g/mol. The molecular weight excluding hydrogens is 324 g/mol. The summed E-state index contributed by atoms with van der Waals surface area (Å²) in [6, 6.07) is 5.87. The minimum Gasteiger partial charge on any atom is -0.444 e. The average Bonchev–Trinajstić information content (AvgIpc) is 2.64. The molecule has 7 heteroatoms. The largest absolute Gasteiger partial charge is 0.486 e. The minimum atomic E-state index is -0.719. The third-order valence-corrected chi connectivity index (χ3v) is 4.45. The van der Waals surface area contributed by atoms with Gasteiger partial charge in [0.15, 0.2) is 0 Å². The minimum absolute atomic E-state index is 0.353.